The first kappa shape index (κ1) is 29.5. The number of likely N-dealkylation sites (N-methyl/N-ethyl adjacent to an activating group) is 1. The Balaban J connectivity index is 1.57. The first-order valence-electron chi connectivity index (χ1n) is 13.9. The molecule has 2 aliphatic heterocycles. The molecule has 1 aromatic carbocycles. The monoisotopic (exact) mass is 536 g/mol. The Bertz CT molecular complexity index is 836. The molecule has 1 aromatic rings. The summed E-state index contributed by atoms with van der Waals surface area (Å²) in [6, 6.07) is 8.31. The number of nitrogens with one attached hydrogen (secondary N) is 3. The van der Waals surface area contributed by atoms with Gasteiger partial charge in [0.25, 0.3) is 0 Å². The van der Waals surface area contributed by atoms with Gasteiger partial charge >= 0.3 is 12.1 Å². The summed E-state index contributed by atoms with van der Waals surface area (Å²) in [6.45, 7) is 7.35. The summed E-state index contributed by atoms with van der Waals surface area (Å²) in [5.74, 6) is 1.15. The molecular weight excluding hydrogens is 492 g/mol. The summed E-state index contributed by atoms with van der Waals surface area (Å²) in [5.41, 5.74) is 1.19. The number of urea groups is 1. The third-order valence-corrected chi connectivity index (χ3v) is 7.84. The van der Waals surface area contributed by atoms with Gasteiger partial charge in [-0.2, -0.15) is 0 Å². The summed E-state index contributed by atoms with van der Waals surface area (Å²) >= 11 is 6.33. The average molecular weight is 537 g/mol. The van der Waals surface area contributed by atoms with Gasteiger partial charge in [0.1, 0.15) is 0 Å². The van der Waals surface area contributed by atoms with Crippen molar-refractivity contribution in [1.29, 1.82) is 0 Å². The molecule has 3 amide bonds. The topological polar surface area (TPSA) is 91.9 Å². The number of carbonyl (C=O) groups is 2. The highest BCUT2D eigenvalue weighted by molar-refractivity contribution is 6.30. The second-order valence-electron chi connectivity index (χ2n) is 10.3. The van der Waals surface area contributed by atoms with E-state index < -0.39 is 6.09 Å². The van der Waals surface area contributed by atoms with Crippen LogP contribution in [0.5, 0.6) is 0 Å². The van der Waals surface area contributed by atoms with E-state index in [1.807, 2.05) is 23.1 Å². The molecule has 37 heavy (non-hydrogen) atoms. The summed E-state index contributed by atoms with van der Waals surface area (Å²) in [6.07, 6.45) is 6.69. The number of likely N-dealkylation sites (tertiary alicyclic amines) is 1. The van der Waals surface area contributed by atoms with Crippen molar-refractivity contribution in [1.82, 2.24) is 20.9 Å². The summed E-state index contributed by atoms with van der Waals surface area (Å²) in [5, 5.41) is 10.2. The number of amides is 3. The SMILES string of the molecule is CCN[C@H](CNC(=O)N1CCC[C@@H]([C@@H](CCCNC(=O)OC)c2cccc(Cl)c2)C1)C[C@H]1CCCOC1. The van der Waals surface area contributed by atoms with E-state index in [4.69, 9.17) is 16.3 Å². The highest BCUT2D eigenvalue weighted by atomic mass is 35.5. The number of hydrogen-bond acceptors (Lipinski definition) is 5. The summed E-state index contributed by atoms with van der Waals surface area (Å²) in [7, 11) is 1.37. The number of rotatable bonds is 12. The number of alkyl carbamates (subject to hydrolysis) is 1. The molecule has 4 atom stereocenters. The van der Waals surface area contributed by atoms with Crippen LogP contribution in [0.2, 0.25) is 5.02 Å². The van der Waals surface area contributed by atoms with Crippen LogP contribution in [0.15, 0.2) is 24.3 Å². The summed E-state index contributed by atoms with van der Waals surface area (Å²) < 4.78 is 10.3. The lowest BCUT2D eigenvalue weighted by atomic mass is 9.78. The zero-order chi connectivity index (χ0) is 26.5. The quantitative estimate of drug-likeness (QED) is 0.334. The summed E-state index contributed by atoms with van der Waals surface area (Å²) in [4.78, 5) is 26.6. The maximum absolute atomic E-state index is 13.2. The van der Waals surface area contributed by atoms with Crippen LogP contribution in [0.4, 0.5) is 9.59 Å². The van der Waals surface area contributed by atoms with Gasteiger partial charge < -0.3 is 30.3 Å². The molecule has 2 fully saturated rings. The molecule has 0 unspecified atom stereocenters. The first-order valence-corrected chi connectivity index (χ1v) is 14.3. The van der Waals surface area contributed by atoms with Gasteiger partial charge in [-0.15, -0.1) is 0 Å². The van der Waals surface area contributed by atoms with Crippen molar-refractivity contribution in [3.63, 3.8) is 0 Å². The largest absolute Gasteiger partial charge is 0.453 e. The van der Waals surface area contributed by atoms with Gasteiger partial charge in [0, 0.05) is 50.5 Å². The molecule has 2 heterocycles. The predicted octanol–water partition coefficient (Wildman–Crippen LogP) is 4.78. The lowest BCUT2D eigenvalue weighted by molar-refractivity contribution is 0.0476. The predicted molar refractivity (Wildman–Crippen MR) is 147 cm³/mol. The Kier molecular flexibility index (Phi) is 12.8. The molecule has 2 aliphatic rings. The highest BCUT2D eigenvalue weighted by Crippen LogP contribution is 2.36. The number of carbonyl (C=O) groups excluding carboxylic acids is 2. The average Bonchev–Trinajstić information content (AvgIpc) is 2.92. The molecule has 208 valence electrons. The van der Waals surface area contributed by atoms with E-state index in [1.54, 1.807) is 0 Å². The smallest absolute Gasteiger partial charge is 0.406 e. The van der Waals surface area contributed by atoms with E-state index in [1.165, 1.54) is 19.1 Å². The van der Waals surface area contributed by atoms with Crippen molar-refractivity contribution in [2.24, 2.45) is 11.8 Å². The minimum atomic E-state index is -0.410. The van der Waals surface area contributed by atoms with E-state index in [0.717, 1.165) is 76.4 Å². The Labute approximate surface area is 227 Å². The van der Waals surface area contributed by atoms with Crippen LogP contribution in [0.25, 0.3) is 0 Å². The number of hydrogen-bond donors (Lipinski definition) is 3. The van der Waals surface area contributed by atoms with E-state index >= 15 is 0 Å². The number of nitrogens with zero attached hydrogens (tertiary/aromatic N) is 1. The van der Waals surface area contributed by atoms with Crippen molar-refractivity contribution >= 4 is 23.7 Å². The molecule has 8 nitrogen and oxygen atoms in total. The fourth-order valence-corrected chi connectivity index (χ4v) is 5.96. The standard InChI is InChI=1S/C28H45ClN4O4/c1-3-30-25(16-21-8-7-15-37-20-21)18-32-27(34)33-14-6-10-23(19-33)26(12-5-13-31-28(35)36-2)22-9-4-11-24(29)17-22/h4,9,11,17,21,23,25-26,30H,3,5-8,10,12-16,18-20H2,1-2H3,(H,31,35)(H,32,34)/t21-,23-,25+,26+/m1/s1. The number of piperidine rings is 1. The number of benzene rings is 1. The van der Waals surface area contributed by atoms with Gasteiger partial charge in [-0.1, -0.05) is 30.7 Å². The molecule has 0 saturated carbocycles. The van der Waals surface area contributed by atoms with Crippen LogP contribution in [-0.2, 0) is 9.47 Å². The molecule has 0 radical (unpaired) electrons. The highest BCUT2D eigenvalue weighted by Gasteiger charge is 2.31. The Morgan fingerprint density at radius 3 is 2.84 bits per heavy atom. The second-order valence-corrected chi connectivity index (χ2v) is 10.8. The van der Waals surface area contributed by atoms with Crippen LogP contribution in [0.1, 0.15) is 63.4 Å². The van der Waals surface area contributed by atoms with E-state index in [2.05, 4.69) is 33.7 Å². The molecule has 0 aliphatic carbocycles. The molecule has 0 spiro atoms. The number of ether oxygens (including phenoxy) is 2. The van der Waals surface area contributed by atoms with Gasteiger partial charge in [0.05, 0.1) is 7.11 Å². The van der Waals surface area contributed by atoms with E-state index in [9.17, 15) is 9.59 Å². The van der Waals surface area contributed by atoms with Gasteiger partial charge in [-0.05, 0) is 86.9 Å². The first-order chi connectivity index (χ1) is 18.0. The normalized spacial score (nSPS) is 21.6. The molecule has 3 N–H and O–H groups in total. The molecule has 2 saturated heterocycles. The fourth-order valence-electron chi connectivity index (χ4n) is 5.76. The van der Waals surface area contributed by atoms with Crippen molar-refractivity contribution in [3.8, 4) is 0 Å². The third kappa shape index (κ3) is 9.98. The van der Waals surface area contributed by atoms with Crippen LogP contribution in [0, 0.1) is 11.8 Å². The van der Waals surface area contributed by atoms with Crippen molar-refractivity contribution in [3.05, 3.63) is 34.9 Å². The minimum Gasteiger partial charge on any atom is -0.453 e. The van der Waals surface area contributed by atoms with Crippen LogP contribution in [-0.4, -0.2) is 76.1 Å². The van der Waals surface area contributed by atoms with Gasteiger partial charge in [0.2, 0.25) is 0 Å². The molecule has 9 heteroatoms. The minimum absolute atomic E-state index is 0.0182. The Hall–Kier alpha value is -2.03. The fraction of sp³-hybridized carbons (Fsp3) is 0.714. The lowest BCUT2D eigenvalue weighted by Crippen LogP contribution is -2.50. The Morgan fingerprint density at radius 1 is 1.24 bits per heavy atom. The van der Waals surface area contributed by atoms with Gasteiger partial charge in [-0.25, -0.2) is 9.59 Å². The lowest BCUT2D eigenvalue weighted by Gasteiger charge is -2.38. The van der Waals surface area contributed by atoms with Gasteiger partial charge in [-0.3, -0.25) is 0 Å². The third-order valence-electron chi connectivity index (χ3n) is 7.60. The van der Waals surface area contributed by atoms with Crippen LogP contribution < -0.4 is 16.0 Å². The second kappa shape index (κ2) is 16.0. The maximum Gasteiger partial charge on any atom is 0.406 e. The Morgan fingerprint density at radius 2 is 2.11 bits per heavy atom. The van der Waals surface area contributed by atoms with E-state index in [-0.39, 0.29) is 18.0 Å². The van der Waals surface area contributed by atoms with Crippen LogP contribution in [0.3, 0.4) is 0 Å². The molecular formula is C28H45ClN4O4. The number of methoxy groups -OCH3 is 1. The van der Waals surface area contributed by atoms with Gasteiger partial charge in [0.15, 0.2) is 0 Å². The molecule has 0 aromatic heterocycles. The maximum atomic E-state index is 13.2. The number of halogens is 1. The van der Waals surface area contributed by atoms with Crippen molar-refractivity contribution in [2.45, 2.75) is 63.8 Å². The van der Waals surface area contributed by atoms with Crippen molar-refractivity contribution in [2.75, 3.05) is 53.0 Å². The zero-order valence-electron chi connectivity index (χ0n) is 22.5. The molecule has 3 rings (SSSR count). The molecule has 0 bridgehead atoms. The van der Waals surface area contributed by atoms with Crippen LogP contribution >= 0.6 is 11.6 Å². The van der Waals surface area contributed by atoms with E-state index in [0.29, 0.717) is 24.9 Å². The zero-order valence-corrected chi connectivity index (χ0v) is 23.2. The van der Waals surface area contributed by atoms with Crippen molar-refractivity contribution < 1.29 is 19.1 Å².